The molecule has 7 nitrogen and oxygen atoms in total. The first-order chi connectivity index (χ1) is 10.4. The van der Waals surface area contributed by atoms with E-state index in [2.05, 4.69) is 13.2 Å². The molecule has 0 radical (unpaired) electrons. The predicted octanol–water partition coefficient (Wildman–Crippen LogP) is 1.45. The smallest absolute Gasteiger partial charge is 0.320 e. The topological polar surface area (TPSA) is 94.9 Å². The first-order valence-corrected chi connectivity index (χ1v) is 8.79. The number of nitrogens with zero attached hydrogens (tertiary/aromatic N) is 2. The van der Waals surface area contributed by atoms with Crippen LogP contribution < -0.4 is 0 Å². The molecule has 0 aliphatic rings. The van der Waals surface area contributed by atoms with E-state index in [1.807, 2.05) is 0 Å². The predicted molar refractivity (Wildman–Crippen MR) is 92.7 cm³/mol. The number of hydrogen-bond acceptors (Lipinski definition) is 4. The fraction of sp³-hybridized carbons (Fsp3) is 0.667. The van der Waals surface area contributed by atoms with E-state index in [1.165, 1.54) is 0 Å². The fourth-order valence-electron chi connectivity index (χ4n) is 2.09. The third kappa shape index (κ3) is 8.85. The van der Waals surface area contributed by atoms with Crippen molar-refractivity contribution in [3.05, 3.63) is 25.3 Å². The van der Waals surface area contributed by atoms with Gasteiger partial charge in [0.2, 0.25) is 5.37 Å². The molecule has 0 rings (SSSR count). The van der Waals surface area contributed by atoms with Crippen molar-refractivity contribution < 1.29 is 27.4 Å². The van der Waals surface area contributed by atoms with E-state index >= 15 is 0 Å². The molecule has 2 atom stereocenters. The first kappa shape index (κ1) is 24.0. The van der Waals surface area contributed by atoms with Crippen LogP contribution in [0.25, 0.3) is 0 Å². The van der Waals surface area contributed by atoms with Gasteiger partial charge in [-0.2, -0.15) is 8.42 Å². The summed E-state index contributed by atoms with van der Waals surface area (Å²) in [5, 5.41) is 7.49. The number of carbonyl (C=O) groups is 1. The third-order valence-corrected chi connectivity index (χ3v) is 5.14. The molecule has 0 aliphatic carbocycles. The molecule has 0 fully saturated rings. The van der Waals surface area contributed by atoms with Crippen LogP contribution in [0.5, 0.6) is 0 Å². The lowest BCUT2D eigenvalue weighted by Crippen LogP contribution is -2.55. The molecule has 23 heavy (non-hydrogen) atoms. The molecule has 0 aromatic carbocycles. The molecule has 0 saturated carbocycles. The molecular formula is C15H31N2O5S+. The average molecular weight is 351 g/mol. The normalized spacial score (nSPS) is 14.4. The Hall–Kier alpha value is -1.22. The molecular weight excluding hydrogens is 320 g/mol. The zero-order valence-electron chi connectivity index (χ0n) is 14.8. The summed E-state index contributed by atoms with van der Waals surface area (Å²) in [6.45, 7) is 11.5. The van der Waals surface area contributed by atoms with Gasteiger partial charge in [0.15, 0.2) is 0 Å². The summed E-state index contributed by atoms with van der Waals surface area (Å²) in [4.78, 5) is 11.7. The Bertz CT molecular complexity index is 478. The van der Waals surface area contributed by atoms with E-state index in [4.69, 9.17) is 9.66 Å². The van der Waals surface area contributed by atoms with E-state index in [0.717, 1.165) is 0 Å². The molecule has 2 N–H and O–H groups in total. The van der Waals surface area contributed by atoms with Gasteiger partial charge in [0.1, 0.15) is 6.04 Å². The highest BCUT2D eigenvalue weighted by atomic mass is 32.2. The molecule has 0 bridgehead atoms. The maximum Gasteiger partial charge on any atom is 0.320 e. The monoisotopic (exact) mass is 351 g/mol. The molecule has 0 aliphatic heterocycles. The lowest BCUT2D eigenvalue weighted by molar-refractivity contribution is -0.909. The largest absolute Gasteiger partial charge is 0.480 e. The van der Waals surface area contributed by atoms with Crippen LogP contribution >= 0.6 is 0 Å². The zero-order chi connectivity index (χ0) is 18.8. The highest BCUT2D eigenvalue weighted by Gasteiger charge is 2.38. The first-order valence-electron chi connectivity index (χ1n) is 7.28. The van der Waals surface area contributed by atoms with Gasteiger partial charge in [0.05, 0.1) is 20.1 Å². The summed E-state index contributed by atoms with van der Waals surface area (Å²) in [7, 11) is 1.20. The molecule has 0 spiro atoms. The number of hydrogen-bond donors (Lipinski definition) is 2. The number of likely N-dealkylation sites (N-methyl/N-ethyl adjacent to an activating group) is 2. The van der Waals surface area contributed by atoms with Crippen molar-refractivity contribution in [1.29, 1.82) is 0 Å². The van der Waals surface area contributed by atoms with Crippen molar-refractivity contribution in [3.63, 3.8) is 0 Å². The summed E-state index contributed by atoms with van der Waals surface area (Å²) >= 11 is 0. The quantitative estimate of drug-likeness (QED) is 0.371. The average Bonchev–Trinajstić information content (AvgIpc) is 2.37. The van der Waals surface area contributed by atoms with Crippen LogP contribution in [0, 0.1) is 0 Å². The number of carboxylic acid groups (broad SMARTS) is 1. The minimum absolute atomic E-state index is 0.183. The van der Waals surface area contributed by atoms with Crippen molar-refractivity contribution in [2.24, 2.45) is 0 Å². The highest BCUT2D eigenvalue weighted by Crippen LogP contribution is 2.18. The molecule has 8 heteroatoms. The summed E-state index contributed by atoms with van der Waals surface area (Å²) < 4.78 is 31.8. The second-order valence-corrected chi connectivity index (χ2v) is 7.35. The summed E-state index contributed by atoms with van der Waals surface area (Å²) in [6, 6.07) is -0.380. The van der Waals surface area contributed by atoms with Crippen molar-refractivity contribution >= 4 is 16.1 Å². The molecule has 2 unspecified atom stereocenters. The molecule has 0 aromatic rings. The van der Waals surface area contributed by atoms with Crippen LogP contribution in [0.1, 0.15) is 20.3 Å². The van der Waals surface area contributed by atoms with E-state index in [0.29, 0.717) is 19.5 Å². The molecule has 0 aromatic heterocycles. The lowest BCUT2D eigenvalue weighted by Gasteiger charge is -2.37. The van der Waals surface area contributed by atoms with Crippen molar-refractivity contribution in [1.82, 2.24) is 4.90 Å². The number of carboxylic acids is 1. The van der Waals surface area contributed by atoms with Gasteiger partial charge in [-0.25, -0.2) is 0 Å². The van der Waals surface area contributed by atoms with Gasteiger partial charge in [-0.05, 0) is 33.2 Å². The maximum atomic E-state index is 11.2. The second kappa shape index (κ2) is 10.5. The molecule has 0 heterocycles. The van der Waals surface area contributed by atoms with Crippen LogP contribution in [0.3, 0.4) is 0 Å². The van der Waals surface area contributed by atoms with Crippen molar-refractivity contribution in [3.8, 4) is 0 Å². The minimum atomic E-state index is -4.04. The molecule has 0 amide bonds. The number of rotatable bonds is 9. The third-order valence-electron chi connectivity index (χ3n) is 3.61. The molecule has 0 saturated heterocycles. The Balaban J connectivity index is 0. The lowest BCUT2D eigenvalue weighted by atomic mass is 10.3. The van der Waals surface area contributed by atoms with Crippen LogP contribution in [-0.2, 0) is 14.9 Å². The maximum absolute atomic E-state index is 11.2. The van der Waals surface area contributed by atoms with Gasteiger partial charge >= 0.3 is 16.1 Å². The standard InChI is InChI=1S/C10H19NO3S.C5H11NO2/c1-5-8-11(4,9-6-2)10(7-3)15(12,13)14;1-4(5(7)8)6(2)3/h5-6,10H,1-2,7-9H2,3-4H3;4H,1-3H3,(H,7,8)/p+1. The van der Waals surface area contributed by atoms with Crippen LogP contribution in [0.15, 0.2) is 25.3 Å². The highest BCUT2D eigenvalue weighted by molar-refractivity contribution is 7.86. The second-order valence-electron chi connectivity index (χ2n) is 5.78. The Morgan fingerprint density at radius 1 is 1.26 bits per heavy atom. The summed E-state index contributed by atoms with van der Waals surface area (Å²) in [6.07, 6.45) is 3.66. The van der Waals surface area contributed by atoms with E-state index in [1.54, 1.807) is 52.0 Å². The van der Waals surface area contributed by atoms with Gasteiger partial charge in [0, 0.05) is 6.42 Å². The number of aliphatic carboxylic acids is 1. The minimum Gasteiger partial charge on any atom is -0.480 e. The Labute approximate surface area is 140 Å². The van der Waals surface area contributed by atoms with Crippen LogP contribution in [-0.4, -0.2) is 79.1 Å². The van der Waals surface area contributed by atoms with E-state index in [-0.39, 0.29) is 10.5 Å². The Morgan fingerprint density at radius 3 is 1.78 bits per heavy atom. The molecule has 136 valence electrons. The van der Waals surface area contributed by atoms with E-state index in [9.17, 15) is 13.2 Å². The van der Waals surface area contributed by atoms with Gasteiger partial charge in [-0.1, -0.05) is 20.1 Å². The summed E-state index contributed by atoms with van der Waals surface area (Å²) in [5.74, 6) is -0.782. The van der Waals surface area contributed by atoms with Gasteiger partial charge in [-0.15, -0.1) is 0 Å². The fourth-order valence-corrected chi connectivity index (χ4v) is 3.33. The van der Waals surface area contributed by atoms with Crippen LogP contribution in [0.2, 0.25) is 0 Å². The van der Waals surface area contributed by atoms with Gasteiger partial charge < -0.3 is 9.59 Å². The van der Waals surface area contributed by atoms with E-state index < -0.39 is 21.5 Å². The zero-order valence-corrected chi connectivity index (χ0v) is 15.6. The number of quaternary nitrogens is 1. The van der Waals surface area contributed by atoms with Gasteiger partial charge in [0.25, 0.3) is 0 Å². The Morgan fingerprint density at radius 2 is 1.65 bits per heavy atom. The van der Waals surface area contributed by atoms with Crippen molar-refractivity contribution in [2.45, 2.75) is 31.7 Å². The van der Waals surface area contributed by atoms with Crippen LogP contribution in [0.4, 0.5) is 0 Å². The van der Waals surface area contributed by atoms with Crippen molar-refractivity contribution in [2.75, 3.05) is 34.2 Å². The Kier molecular flexibility index (Phi) is 11.0. The SMILES string of the molecule is C=CC[N+](C)(CC=C)C(CC)S(=O)(=O)O.CC(C(=O)O)N(C)C. The van der Waals surface area contributed by atoms with Gasteiger partial charge in [-0.3, -0.25) is 14.2 Å². The summed E-state index contributed by atoms with van der Waals surface area (Å²) in [5.41, 5.74) is 0.